The van der Waals surface area contributed by atoms with Crippen LogP contribution in [0, 0.1) is 5.82 Å². The molecule has 2 heterocycles. The first-order chi connectivity index (χ1) is 12.1. The lowest BCUT2D eigenvalue weighted by atomic mass is 9.93. The van der Waals surface area contributed by atoms with Crippen LogP contribution in [0.1, 0.15) is 50.8 Å². The lowest BCUT2D eigenvalue weighted by Gasteiger charge is -2.14. The van der Waals surface area contributed by atoms with Gasteiger partial charge in [-0.1, -0.05) is 32.9 Å². The second-order valence-corrected chi connectivity index (χ2v) is 7.71. The zero-order valence-corrected chi connectivity index (χ0v) is 15.7. The van der Waals surface area contributed by atoms with Gasteiger partial charge in [0.25, 0.3) is 5.91 Å². The van der Waals surface area contributed by atoms with Crippen molar-refractivity contribution in [3.8, 4) is 11.3 Å². The summed E-state index contributed by atoms with van der Waals surface area (Å²) in [6.45, 7) is 9.95. The summed E-state index contributed by atoms with van der Waals surface area (Å²) in [6.07, 6.45) is 0. The molecule has 0 spiro atoms. The molecule has 6 heteroatoms. The molecule has 0 aliphatic carbocycles. The van der Waals surface area contributed by atoms with E-state index in [4.69, 9.17) is 0 Å². The molecule has 1 amide bonds. The summed E-state index contributed by atoms with van der Waals surface area (Å²) >= 11 is 0. The number of hydrogen-bond acceptors (Lipinski definition) is 3. The molecule has 0 radical (unpaired) electrons. The minimum atomic E-state index is -0.344. The quantitative estimate of drug-likeness (QED) is 0.774. The highest BCUT2D eigenvalue weighted by Gasteiger charge is 2.21. The molecule has 0 aliphatic rings. The van der Waals surface area contributed by atoms with Crippen molar-refractivity contribution in [2.24, 2.45) is 0 Å². The molecular formula is C20H23FN4O. The molecule has 0 fully saturated rings. The Balaban J connectivity index is 2.25. The Morgan fingerprint density at radius 1 is 1.19 bits per heavy atom. The van der Waals surface area contributed by atoms with Gasteiger partial charge in [0, 0.05) is 23.1 Å². The van der Waals surface area contributed by atoms with Crippen LogP contribution < -0.4 is 5.32 Å². The zero-order chi connectivity index (χ0) is 19.1. The molecule has 0 unspecified atom stereocenters. The van der Waals surface area contributed by atoms with Crippen LogP contribution in [-0.4, -0.2) is 26.5 Å². The molecule has 2 aromatic heterocycles. The van der Waals surface area contributed by atoms with Gasteiger partial charge in [-0.25, -0.2) is 13.9 Å². The SMILES string of the molecule is CC(C)NC(=O)c1cc(-c2cccc(F)c2)n2nc(C(C)(C)C)cc2n1. The number of carbonyl (C=O) groups is 1. The van der Waals surface area contributed by atoms with Crippen LogP contribution in [0.4, 0.5) is 4.39 Å². The largest absolute Gasteiger partial charge is 0.349 e. The van der Waals surface area contributed by atoms with Crippen molar-refractivity contribution in [3.63, 3.8) is 0 Å². The highest BCUT2D eigenvalue weighted by molar-refractivity contribution is 5.94. The molecule has 0 aliphatic heterocycles. The van der Waals surface area contributed by atoms with Gasteiger partial charge in [0.2, 0.25) is 0 Å². The van der Waals surface area contributed by atoms with Gasteiger partial charge in [-0.3, -0.25) is 4.79 Å². The minimum absolute atomic E-state index is 0.00630. The topological polar surface area (TPSA) is 59.3 Å². The first-order valence-electron chi connectivity index (χ1n) is 8.63. The van der Waals surface area contributed by atoms with Gasteiger partial charge in [-0.05, 0) is 32.0 Å². The van der Waals surface area contributed by atoms with Crippen LogP contribution in [0.15, 0.2) is 36.4 Å². The third-order valence-corrected chi connectivity index (χ3v) is 3.97. The van der Waals surface area contributed by atoms with Crippen LogP contribution in [0.2, 0.25) is 0 Å². The van der Waals surface area contributed by atoms with E-state index in [1.807, 2.05) is 19.9 Å². The van der Waals surface area contributed by atoms with E-state index in [1.165, 1.54) is 12.1 Å². The van der Waals surface area contributed by atoms with E-state index in [0.717, 1.165) is 5.69 Å². The third kappa shape index (κ3) is 3.59. The van der Waals surface area contributed by atoms with Crippen molar-refractivity contribution < 1.29 is 9.18 Å². The summed E-state index contributed by atoms with van der Waals surface area (Å²) in [7, 11) is 0. The van der Waals surface area contributed by atoms with Gasteiger partial charge >= 0.3 is 0 Å². The second kappa shape index (κ2) is 6.52. The number of benzene rings is 1. The number of rotatable bonds is 3. The average molecular weight is 354 g/mol. The maximum Gasteiger partial charge on any atom is 0.270 e. The van der Waals surface area contributed by atoms with E-state index in [-0.39, 0.29) is 28.9 Å². The Bertz CT molecular complexity index is 970. The Labute approximate surface area is 152 Å². The third-order valence-electron chi connectivity index (χ3n) is 3.97. The van der Waals surface area contributed by atoms with E-state index in [9.17, 15) is 9.18 Å². The van der Waals surface area contributed by atoms with Crippen molar-refractivity contribution >= 4 is 11.6 Å². The fourth-order valence-electron chi connectivity index (χ4n) is 2.65. The molecule has 3 rings (SSSR count). The van der Waals surface area contributed by atoms with Crippen LogP contribution in [-0.2, 0) is 5.41 Å². The van der Waals surface area contributed by atoms with Crippen LogP contribution in [0.3, 0.4) is 0 Å². The van der Waals surface area contributed by atoms with E-state index in [1.54, 1.807) is 22.7 Å². The molecule has 0 saturated heterocycles. The first-order valence-corrected chi connectivity index (χ1v) is 8.63. The molecule has 5 nitrogen and oxygen atoms in total. The number of amides is 1. The van der Waals surface area contributed by atoms with E-state index >= 15 is 0 Å². The molecular weight excluding hydrogens is 331 g/mol. The Kier molecular flexibility index (Phi) is 4.52. The van der Waals surface area contributed by atoms with Crippen molar-refractivity contribution in [1.82, 2.24) is 19.9 Å². The Hall–Kier alpha value is -2.76. The zero-order valence-electron chi connectivity index (χ0n) is 15.7. The average Bonchev–Trinajstić information content (AvgIpc) is 2.97. The molecule has 3 aromatic rings. The highest BCUT2D eigenvalue weighted by Crippen LogP contribution is 2.26. The lowest BCUT2D eigenvalue weighted by Crippen LogP contribution is -2.31. The van der Waals surface area contributed by atoms with Gasteiger partial charge in [-0.2, -0.15) is 5.10 Å². The van der Waals surface area contributed by atoms with E-state index < -0.39 is 0 Å². The lowest BCUT2D eigenvalue weighted by molar-refractivity contribution is 0.0938. The summed E-state index contributed by atoms with van der Waals surface area (Å²) in [5.74, 6) is -0.609. The number of fused-ring (bicyclic) bond motifs is 1. The first kappa shape index (κ1) is 18.0. The second-order valence-electron chi connectivity index (χ2n) is 7.71. The molecule has 0 saturated carbocycles. The smallest absolute Gasteiger partial charge is 0.270 e. The molecule has 1 aromatic carbocycles. The summed E-state index contributed by atoms with van der Waals surface area (Å²) in [5.41, 5.74) is 2.78. The van der Waals surface area contributed by atoms with Gasteiger partial charge in [0.05, 0.1) is 11.4 Å². The van der Waals surface area contributed by atoms with Crippen LogP contribution in [0.5, 0.6) is 0 Å². The van der Waals surface area contributed by atoms with E-state index in [2.05, 4.69) is 36.2 Å². The predicted molar refractivity (Wildman–Crippen MR) is 99.7 cm³/mol. The number of carbonyl (C=O) groups excluding carboxylic acids is 1. The predicted octanol–water partition coefficient (Wildman–Crippen LogP) is 3.97. The Morgan fingerprint density at radius 2 is 1.92 bits per heavy atom. The van der Waals surface area contributed by atoms with Gasteiger partial charge in [0.1, 0.15) is 11.5 Å². The summed E-state index contributed by atoms with van der Waals surface area (Å²) < 4.78 is 15.4. The van der Waals surface area contributed by atoms with E-state index in [0.29, 0.717) is 16.9 Å². The number of aromatic nitrogens is 3. The van der Waals surface area contributed by atoms with Crippen LogP contribution >= 0.6 is 0 Å². The van der Waals surface area contributed by atoms with Crippen molar-refractivity contribution in [1.29, 1.82) is 0 Å². The monoisotopic (exact) mass is 354 g/mol. The van der Waals surface area contributed by atoms with Crippen molar-refractivity contribution in [2.45, 2.75) is 46.1 Å². The number of nitrogens with zero attached hydrogens (tertiary/aromatic N) is 3. The van der Waals surface area contributed by atoms with Crippen molar-refractivity contribution in [2.75, 3.05) is 0 Å². The summed E-state index contributed by atoms with van der Waals surface area (Å²) in [4.78, 5) is 16.9. The molecule has 0 atom stereocenters. The summed E-state index contributed by atoms with van der Waals surface area (Å²) in [6, 6.07) is 9.76. The molecule has 26 heavy (non-hydrogen) atoms. The molecule has 136 valence electrons. The molecule has 1 N–H and O–H groups in total. The normalized spacial score (nSPS) is 12.0. The fraction of sp³-hybridized carbons (Fsp3) is 0.350. The van der Waals surface area contributed by atoms with Crippen molar-refractivity contribution in [3.05, 3.63) is 53.6 Å². The van der Waals surface area contributed by atoms with Crippen LogP contribution in [0.25, 0.3) is 16.9 Å². The van der Waals surface area contributed by atoms with Gasteiger partial charge in [0.15, 0.2) is 5.65 Å². The number of nitrogens with one attached hydrogen (secondary N) is 1. The number of halogens is 1. The maximum atomic E-state index is 13.8. The van der Waals surface area contributed by atoms with Gasteiger partial charge in [-0.15, -0.1) is 0 Å². The maximum absolute atomic E-state index is 13.8. The molecule has 0 bridgehead atoms. The standard InChI is InChI=1S/C20H23FN4O/c1-12(2)22-19(26)15-10-16(13-7-6-8-14(21)9-13)25-18(23-15)11-17(24-25)20(3,4)5/h6-12H,1-5H3,(H,22,26). The highest BCUT2D eigenvalue weighted by atomic mass is 19.1. The van der Waals surface area contributed by atoms with Gasteiger partial charge < -0.3 is 5.32 Å². The number of hydrogen-bond donors (Lipinski definition) is 1. The fourth-order valence-corrected chi connectivity index (χ4v) is 2.65. The Morgan fingerprint density at radius 3 is 2.54 bits per heavy atom. The minimum Gasteiger partial charge on any atom is -0.349 e. The summed E-state index contributed by atoms with van der Waals surface area (Å²) in [5, 5.41) is 7.50.